The molecule has 0 fully saturated rings. The van der Waals surface area contributed by atoms with Crippen LogP contribution >= 0.6 is 11.6 Å². The van der Waals surface area contributed by atoms with Crippen LogP contribution in [0.15, 0.2) is 84.9 Å². The van der Waals surface area contributed by atoms with Crippen LogP contribution in [0.3, 0.4) is 0 Å². The predicted molar refractivity (Wildman–Crippen MR) is 104 cm³/mol. The number of benzene rings is 3. The van der Waals surface area contributed by atoms with E-state index >= 15 is 0 Å². The van der Waals surface area contributed by atoms with E-state index in [1.807, 2.05) is 60.7 Å². The monoisotopic (exact) mass is 365 g/mol. The number of hydrogen-bond acceptors (Lipinski definition) is 2. The van der Waals surface area contributed by atoms with Gasteiger partial charge in [-0.25, -0.2) is 0 Å². The van der Waals surface area contributed by atoms with Crippen LogP contribution in [0.5, 0.6) is 5.75 Å². The van der Waals surface area contributed by atoms with E-state index in [4.69, 9.17) is 16.3 Å². The number of nitrogens with one attached hydrogen (secondary N) is 1. The number of amides is 1. The Hall–Kier alpha value is -2.78. The Kier molecular flexibility index (Phi) is 5.92. The molecule has 1 amide bonds. The smallest absolute Gasteiger partial charge is 0.261 e. The highest BCUT2D eigenvalue weighted by Gasteiger charge is 2.21. The van der Waals surface area contributed by atoms with Crippen molar-refractivity contribution in [2.45, 2.75) is 19.1 Å². The molecule has 3 rings (SSSR count). The normalized spacial score (nSPS) is 11.8. The van der Waals surface area contributed by atoms with Gasteiger partial charge in [-0.2, -0.15) is 0 Å². The topological polar surface area (TPSA) is 38.3 Å². The Morgan fingerprint density at radius 2 is 1.46 bits per heavy atom. The Labute approximate surface area is 158 Å². The molecule has 132 valence electrons. The summed E-state index contributed by atoms with van der Waals surface area (Å²) in [5, 5.41) is 3.66. The summed E-state index contributed by atoms with van der Waals surface area (Å²) in [6.45, 7) is 1.73. The van der Waals surface area contributed by atoms with Crippen LogP contribution in [-0.4, -0.2) is 12.0 Å². The van der Waals surface area contributed by atoms with Gasteiger partial charge in [-0.15, -0.1) is 0 Å². The molecule has 0 unspecified atom stereocenters. The van der Waals surface area contributed by atoms with Crippen molar-refractivity contribution in [3.63, 3.8) is 0 Å². The van der Waals surface area contributed by atoms with Crippen molar-refractivity contribution in [3.8, 4) is 5.75 Å². The van der Waals surface area contributed by atoms with E-state index in [0.29, 0.717) is 10.8 Å². The zero-order valence-corrected chi connectivity index (χ0v) is 15.2. The molecular weight excluding hydrogens is 346 g/mol. The van der Waals surface area contributed by atoms with Crippen molar-refractivity contribution >= 4 is 17.5 Å². The lowest BCUT2D eigenvalue weighted by Gasteiger charge is -2.22. The fourth-order valence-electron chi connectivity index (χ4n) is 2.71. The third-order valence-corrected chi connectivity index (χ3v) is 4.27. The largest absolute Gasteiger partial charge is 0.481 e. The van der Waals surface area contributed by atoms with Gasteiger partial charge in [0, 0.05) is 5.02 Å². The molecule has 0 saturated heterocycles. The molecule has 0 bridgehead atoms. The van der Waals surface area contributed by atoms with E-state index in [9.17, 15) is 4.79 Å². The van der Waals surface area contributed by atoms with Crippen LogP contribution in [0.25, 0.3) is 0 Å². The lowest BCUT2D eigenvalue weighted by molar-refractivity contribution is -0.127. The van der Waals surface area contributed by atoms with E-state index in [2.05, 4.69) is 5.32 Å². The summed E-state index contributed by atoms with van der Waals surface area (Å²) in [5.41, 5.74) is 2.03. The second-order valence-corrected chi connectivity index (χ2v) is 6.42. The van der Waals surface area contributed by atoms with Crippen molar-refractivity contribution in [2.24, 2.45) is 0 Å². The molecule has 0 saturated carbocycles. The Morgan fingerprint density at radius 1 is 0.885 bits per heavy atom. The minimum Gasteiger partial charge on any atom is -0.481 e. The van der Waals surface area contributed by atoms with Gasteiger partial charge < -0.3 is 10.1 Å². The van der Waals surface area contributed by atoms with Crippen molar-refractivity contribution in [3.05, 3.63) is 101 Å². The third-order valence-electron chi connectivity index (χ3n) is 4.03. The van der Waals surface area contributed by atoms with Crippen molar-refractivity contribution in [1.29, 1.82) is 0 Å². The Morgan fingerprint density at radius 3 is 2.00 bits per heavy atom. The van der Waals surface area contributed by atoms with Gasteiger partial charge in [-0.05, 0) is 36.2 Å². The summed E-state index contributed by atoms with van der Waals surface area (Å²) >= 11 is 5.97. The fourth-order valence-corrected chi connectivity index (χ4v) is 2.89. The molecule has 0 spiro atoms. The molecular formula is C22H20ClNO2. The second kappa shape index (κ2) is 8.54. The second-order valence-electron chi connectivity index (χ2n) is 5.98. The molecule has 0 aliphatic carbocycles. The first kappa shape index (κ1) is 18.0. The van der Waals surface area contributed by atoms with Crippen LogP contribution in [0.4, 0.5) is 0 Å². The number of ether oxygens (including phenoxy) is 1. The van der Waals surface area contributed by atoms with Crippen LogP contribution < -0.4 is 10.1 Å². The molecule has 26 heavy (non-hydrogen) atoms. The van der Waals surface area contributed by atoms with Crippen LogP contribution in [0.2, 0.25) is 5.02 Å². The average molecular weight is 366 g/mol. The lowest BCUT2D eigenvalue weighted by Crippen LogP contribution is -2.39. The Balaban J connectivity index is 1.77. The number of hydrogen-bond donors (Lipinski definition) is 1. The van der Waals surface area contributed by atoms with Crippen molar-refractivity contribution in [2.75, 3.05) is 0 Å². The quantitative estimate of drug-likeness (QED) is 0.666. The molecule has 0 aromatic heterocycles. The van der Waals surface area contributed by atoms with E-state index in [-0.39, 0.29) is 11.9 Å². The van der Waals surface area contributed by atoms with Gasteiger partial charge >= 0.3 is 0 Å². The van der Waals surface area contributed by atoms with Crippen molar-refractivity contribution < 1.29 is 9.53 Å². The van der Waals surface area contributed by atoms with Gasteiger partial charge in [0.1, 0.15) is 5.75 Å². The molecule has 3 nitrogen and oxygen atoms in total. The number of rotatable bonds is 6. The van der Waals surface area contributed by atoms with Crippen LogP contribution in [-0.2, 0) is 4.79 Å². The Bertz CT molecular complexity index is 813. The number of halogens is 1. The highest BCUT2D eigenvalue weighted by atomic mass is 35.5. The molecule has 0 aliphatic heterocycles. The van der Waals surface area contributed by atoms with Crippen molar-refractivity contribution in [1.82, 2.24) is 5.32 Å². The third kappa shape index (κ3) is 4.64. The molecule has 0 heterocycles. The van der Waals surface area contributed by atoms with Gasteiger partial charge in [0.2, 0.25) is 0 Å². The van der Waals surface area contributed by atoms with Gasteiger partial charge in [0.15, 0.2) is 6.10 Å². The maximum absolute atomic E-state index is 12.7. The molecule has 1 atom stereocenters. The maximum atomic E-state index is 12.7. The first-order valence-electron chi connectivity index (χ1n) is 8.46. The van der Waals surface area contributed by atoms with Crippen LogP contribution in [0, 0.1) is 0 Å². The highest BCUT2D eigenvalue weighted by molar-refractivity contribution is 6.30. The van der Waals surface area contributed by atoms with E-state index < -0.39 is 6.10 Å². The summed E-state index contributed by atoms with van der Waals surface area (Å²) in [4.78, 5) is 12.7. The number of carbonyl (C=O) groups excluding carboxylic acids is 1. The molecule has 3 aromatic carbocycles. The van der Waals surface area contributed by atoms with E-state index in [0.717, 1.165) is 11.1 Å². The molecule has 1 N–H and O–H groups in total. The molecule has 4 heteroatoms. The lowest BCUT2D eigenvalue weighted by atomic mass is 9.98. The van der Waals surface area contributed by atoms with Gasteiger partial charge in [0.25, 0.3) is 5.91 Å². The fraction of sp³-hybridized carbons (Fsp3) is 0.136. The van der Waals surface area contributed by atoms with Gasteiger partial charge in [-0.1, -0.05) is 78.3 Å². The molecule has 0 aliphatic rings. The average Bonchev–Trinajstić information content (AvgIpc) is 2.67. The molecule has 3 aromatic rings. The van der Waals surface area contributed by atoms with E-state index in [1.54, 1.807) is 31.2 Å². The zero-order valence-electron chi connectivity index (χ0n) is 14.4. The SMILES string of the molecule is C[C@H](Oc1cccc(Cl)c1)C(=O)NC(c1ccccc1)c1ccccc1. The summed E-state index contributed by atoms with van der Waals surface area (Å²) in [7, 11) is 0. The first-order valence-corrected chi connectivity index (χ1v) is 8.84. The predicted octanol–water partition coefficient (Wildman–Crippen LogP) is 5.01. The molecule has 0 radical (unpaired) electrons. The maximum Gasteiger partial charge on any atom is 0.261 e. The van der Waals surface area contributed by atoms with E-state index in [1.165, 1.54) is 0 Å². The summed E-state index contributed by atoms with van der Waals surface area (Å²) in [6.07, 6.45) is -0.650. The summed E-state index contributed by atoms with van der Waals surface area (Å²) in [6, 6.07) is 26.5. The van der Waals surface area contributed by atoms with Crippen LogP contribution in [0.1, 0.15) is 24.1 Å². The number of carbonyl (C=O) groups is 1. The standard InChI is InChI=1S/C22H20ClNO2/c1-16(26-20-14-8-13-19(23)15-20)22(25)24-21(17-9-4-2-5-10-17)18-11-6-3-7-12-18/h2-16,21H,1H3,(H,24,25)/t16-/m0/s1. The minimum absolute atomic E-state index is 0.192. The van der Waals surface area contributed by atoms with Gasteiger partial charge in [-0.3, -0.25) is 4.79 Å². The summed E-state index contributed by atoms with van der Waals surface area (Å²) < 4.78 is 5.73. The first-order chi connectivity index (χ1) is 12.6. The summed E-state index contributed by atoms with van der Waals surface area (Å²) in [5.74, 6) is 0.374. The minimum atomic E-state index is -0.650. The highest BCUT2D eigenvalue weighted by Crippen LogP contribution is 2.23. The van der Waals surface area contributed by atoms with Gasteiger partial charge in [0.05, 0.1) is 6.04 Å². The zero-order chi connectivity index (χ0) is 18.4.